The van der Waals surface area contributed by atoms with Gasteiger partial charge in [-0.3, -0.25) is 10.1 Å². The highest BCUT2D eigenvalue weighted by atomic mass is 19.1. The Labute approximate surface area is 144 Å². The van der Waals surface area contributed by atoms with Gasteiger partial charge in [-0.15, -0.1) is 0 Å². The van der Waals surface area contributed by atoms with Crippen LogP contribution < -0.4 is 10.2 Å². The molecule has 0 spiro atoms. The summed E-state index contributed by atoms with van der Waals surface area (Å²) in [5.41, 5.74) is 0.869. The molecule has 0 aliphatic carbocycles. The van der Waals surface area contributed by atoms with E-state index >= 15 is 0 Å². The number of aromatic nitrogens is 1. The molecule has 0 radical (unpaired) electrons. The SMILES string of the molecule is C[C@@H]1CN(c2ccc(CNc3ccc(F)cc3[N+](=O)[O-])cn2)CCO1. The number of hydrogen-bond acceptors (Lipinski definition) is 6. The lowest BCUT2D eigenvalue weighted by atomic mass is 10.2. The molecule has 2 heterocycles. The number of rotatable bonds is 5. The minimum atomic E-state index is -0.636. The summed E-state index contributed by atoms with van der Waals surface area (Å²) in [7, 11) is 0. The first kappa shape index (κ1) is 17.1. The molecule has 0 bridgehead atoms. The Morgan fingerprint density at radius 3 is 2.96 bits per heavy atom. The summed E-state index contributed by atoms with van der Waals surface area (Å²) in [6.07, 6.45) is 1.91. The molecular formula is C17H19FN4O3. The monoisotopic (exact) mass is 346 g/mol. The van der Waals surface area contributed by atoms with Crippen molar-refractivity contribution in [2.75, 3.05) is 29.9 Å². The van der Waals surface area contributed by atoms with Crippen LogP contribution in [-0.4, -0.2) is 35.7 Å². The van der Waals surface area contributed by atoms with Gasteiger partial charge >= 0.3 is 0 Å². The molecule has 8 heteroatoms. The number of nitro benzene ring substituents is 1. The molecule has 132 valence electrons. The van der Waals surface area contributed by atoms with Gasteiger partial charge in [-0.1, -0.05) is 6.07 Å². The van der Waals surface area contributed by atoms with Crippen molar-refractivity contribution in [3.8, 4) is 0 Å². The van der Waals surface area contributed by atoms with Crippen LogP contribution in [0.5, 0.6) is 0 Å². The number of pyridine rings is 1. The lowest BCUT2D eigenvalue weighted by molar-refractivity contribution is -0.384. The second-order valence-electron chi connectivity index (χ2n) is 5.92. The summed E-state index contributed by atoms with van der Waals surface area (Å²) in [4.78, 5) is 17.0. The Bertz CT molecular complexity index is 754. The van der Waals surface area contributed by atoms with Crippen molar-refractivity contribution in [1.29, 1.82) is 0 Å². The number of nitrogens with one attached hydrogen (secondary N) is 1. The standard InChI is InChI=1S/C17H19FN4O3/c1-12-11-21(6-7-25-12)17-5-2-13(10-20-17)9-19-15-4-3-14(18)8-16(15)22(23)24/h2-5,8,10,12,19H,6-7,9,11H2,1H3/t12-/m1/s1. The van der Waals surface area contributed by atoms with Gasteiger partial charge in [-0.25, -0.2) is 9.37 Å². The van der Waals surface area contributed by atoms with Gasteiger partial charge in [0.2, 0.25) is 0 Å². The summed E-state index contributed by atoms with van der Waals surface area (Å²) in [5, 5.41) is 14.0. The van der Waals surface area contributed by atoms with Crippen molar-refractivity contribution in [2.24, 2.45) is 0 Å². The number of morpholine rings is 1. The number of benzene rings is 1. The first-order chi connectivity index (χ1) is 12.0. The van der Waals surface area contributed by atoms with E-state index in [4.69, 9.17) is 4.74 Å². The number of ether oxygens (including phenoxy) is 1. The van der Waals surface area contributed by atoms with Gasteiger partial charge in [0, 0.05) is 25.8 Å². The maximum atomic E-state index is 13.2. The summed E-state index contributed by atoms with van der Waals surface area (Å²) in [6, 6.07) is 7.31. The van der Waals surface area contributed by atoms with Gasteiger partial charge in [0.25, 0.3) is 5.69 Å². The second-order valence-corrected chi connectivity index (χ2v) is 5.92. The second kappa shape index (κ2) is 7.43. The molecule has 1 aromatic carbocycles. The van der Waals surface area contributed by atoms with Crippen molar-refractivity contribution in [2.45, 2.75) is 19.6 Å². The molecule has 0 saturated carbocycles. The minimum absolute atomic E-state index is 0.177. The molecule has 7 nitrogen and oxygen atoms in total. The van der Waals surface area contributed by atoms with Crippen molar-refractivity contribution in [3.63, 3.8) is 0 Å². The van der Waals surface area contributed by atoms with E-state index in [0.717, 1.165) is 30.5 Å². The molecule has 3 rings (SSSR count). The van der Waals surface area contributed by atoms with Gasteiger partial charge in [0.15, 0.2) is 0 Å². The van der Waals surface area contributed by atoms with Crippen LogP contribution in [0, 0.1) is 15.9 Å². The zero-order valence-corrected chi connectivity index (χ0v) is 13.8. The molecule has 1 aromatic heterocycles. The fourth-order valence-corrected chi connectivity index (χ4v) is 2.74. The predicted molar refractivity (Wildman–Crippen MR) is 92.2 cm³/mol. The molecule has 25 heavy (non-hydrogen) atoms. The quantitative estimate of drug-likeness (QED) is 0.662. The van der Waals surface area contributed by atoms with Gasteiger partial charge in [-0.05, 0) is 30.7 Å². The Hall–Kier alpha value is -2.74. The first-order valence-electron chi connectivity index (χ1n) is 8.02. The van der Waals surface area contributed by atoms with Crippen molar-refractivity contribution >= 4 is 17.2 Å². The van der Waals surface area contributed by atoms with Crippen LogP contribution >= 0.6 is 0 Å². The smallest absolute Gasteiger partial charge is 0.295 e. The van der Waals surface area contributed by atoms with Crippen LogP contribution in [0.15, 0.2) is 36.5 Å². The third-order valence-corrected chi connectivity index (χ3v) is 4.01. The molecule has 1 N–H and O–H groups in total. The molecule has 0 amide bonds. The van der Waals surface area contributed by atoms with Crippen LogP contribution in [-0.2, 0) is 11.3 Å². The zero-order valence-electron chi connectivity index (χ0n) is 13.8. The summed E-state index contributed by atoms with van der Waals surface area (Å²) >= 11 is 0. The average molecular weight is 346 g/mol. The van der Waals surface area contributed by atoms with Crippen molar-refractivity contribution in [1.82, 2.24) is 4.98 Å². The maximum absolute atomic E-state index is 13.2. The van der Waals surface area contributed by atoms with E-state index in [1.807, 2.05) is 19.1 Å². The van der Waals surface area contributed by atoms with E-state index in [-0.39, 0.29) is 17.5 Å². The fourth-order valence-electron chi connectivity index (χ4n) is 2.74. The van der Waals surface area contributed by atoms with E-state index in [0.29, 0.717) is 13.2 Å². The Balaban J connectivity index is 1.65. The van der Waals surface area contributed by atoms with E-state index in [1.54, 1.807) is 6.20 Å². The number of nitro groups is 1. The largest absolute Gasteiger partial charge is 0.375 e. The highest BCUT2D eigenvalue weighted by molar-refractivity contribution is 5.61. The van der Waals surface area contributed by atoms with Gasteiger partial charge in [0.05, 0.1) is 23.7 Å². The third kappa shape index (κ3) is 4.21. The number of hydrogen-bond donors (Lipinski definition) is 1. The third-order valence-electron chi connectivity index (χ3n) is 4.01. The fraction of sp³-hybridized carbons (Fsp3) is 0.353. The van der Waals surface area contributed by atoms with Crippen LogP contribution in [0.4, 0.5) is 21.6 Å². The van der Waals surface area contributed by atoms with Gasteiger partial charge in [-0.2, -0.15) is 0 Å². The molecule has 0 unspecified atom stereocenters. The Morgan fingerprint density at radius 1 is 1.44 bits per heavy atom. The first-order valence-corrected chi connectivity index (χ1v) is 8.02. The molecule has 1 atom stereocenters. The Morgan fingerprint density at radius 2 is 2.28 bits per heavy atom. The van der Waals surface area contributed by atoms with E-state index < -0.39 is 10.7 Å². The van der Waals surface area contributed by atoms with Crippen molar-refractivity contribution in [3.05, 3.63) is 58.0 Å². The van der Waals surface area contributed by atoms with Crippen LogP contribution in [0.1, 0.15) is 12.5 Å². The highest BCUT2D eigenvalue weighted by Gasteiger charge is 2.18. The van der Waals surface area contributed by atoms with E-state index in [1.165, 1.54) is 12.1 Å². The molecule has 1 fully saturated rings. The molecular weight excluding hydrogens is 327 g/mol. The average Bonchev–Trinajstić information content (AvgIpc) is 2.61. The highest BCUT2D eigenvalue weighted by Crippen LogP contribution is 2.25. The van der Waals surface area contributed by atoms with E-state index in [2.05, 4.69) is 15.2 Å². The molecule has 1 saturated heterocycles. The summed E-state index contributed by atoms with van der Waals surface area (Å²) < 4.78 is 18.7. The summed E-state index contributed by atoms with van der Waals surface area (Å²) in [6.45, 7) is 4.67. The van der Waals surface area contributed by atoms with Gasteiger partial charge in [0.1, 0.15) is 17.3 Å². The van der Waals surface area contributed by atoms with Crippen LogP contribution in [0.2, 0.25) is 0 Å². The topological polar surface area (TPSA) is 80.5 Å². The van der Waals surface area contributed by atoms with Crippen LogP contribution in [0.3, 0.4) is 0 Å². The predicted octanol–water partition coefficient (Wildman–Crippen LogP) is 2.97. The van der Waals surface area contributed by atoms with Gasteiger partial charge < -0.3 is 15.0 Å². The lowest BCUT2D eigenvalue weighted by Gasteiger charge is -2.32. The Kier molecular flexibility index (Phi) is 5.08. The number of halogens is 1. The minimum Gasteiger partial charge on any atom is -0.375 e. The molecule has 1 aliphatic rings. The normalized spacial score (nSPS) is 17.4. The van der Waals surface area contributed by atoms with Crippen molar-refractivity contribution < 1.29 is 14.1 Å². The lowest BCUT2D eigenvalue weighted by Crippen LogP contribution is -2.41. The van der Waals surface area contributed by atoms with E-state index in [9.17, 15) is 14.5 Å². The molecule has 2 aromatic rings. The maximum Gasteiger partial charge on any atom is 0.295 e. The number of nitrogens with zero attached hydrogens (tertiary/aromatic N) is 3. The summed E-state index contributed by atoms with van der Waals surface area (Å²) in [5.74, 6) is 0.245. The van der Waals surface area contributed by atoms with Crippen LogP contribution in [0.25, 0.3) is 0 Å². The zero-order chi connectivity index (χ0) is 17.8. The number of anilines is 2. The molecule has 1 aliphatic heterocycles.